The monoisotopic (exact) mass is 396 g/mol. The number of fused-ring (bicyclic) bond motifs is 3. The third-order valence-electron chi connectivity index (χ3n) is 5.58. The highest BCUT2D eigenvalue weighted by Gasteiger charge is 2.21. The molecule has 2 aliphatic rings. The smallest absolute Gasteiger partial charge is 0.190 e. The average Bonchev–Trinajstić information content (AvgIpc) is 3.36. The first-order chi connectivity index (χ1) is 13.3. The van der Waals surface area contributed by atoms with E-state index in [1.165, 1.54) is 66.7 Å². The van der Waals surface area contributed by atoms with Crippen LogP contribution in [0.5, 0.6) is 0 Å². The largest absolute Gasteiger partial charge is 0.372 e. The standard InChI is InChI=1S/C21H24N4S2/c1-26-21-23-19(18-16-6-2-3-7-17(16)27-20(18)24-21)22-14-8-10-15(11-9-14)25-12-4-5-13-25/h8-11H,2-7,12-13H2,1H3,(H,22,23,24). The van der Waals surface area contributed by atoms with Gasteiger partial charge in [-0.3, -0.25) is 0 Å². The molecule has 3 aromatic rings. The van der Waals surface area contributed by atoms with Gasteiger partial charge in [0, 0.05) is 29.3 Å². The van der Waals surface area contributed by atoms with E-state index in [1.54, 1.807) is 11.8 Å². The number of hydrogen-bond acceptors (Lipinski definition) is 6. The van der Waals surface area contributed by atoms with Crippen LogP contribution in [0.25, 0.3) is 10.2 Å². The number of rotatable bonds is 4. The highest BCUT2D eigenvalue weighted by molar-refractivity contribution is 7.98. The van der Waals surface area contributed by atoms with Gasteiger partial charge < -0.3 is 10.2 Å². The molecule has 5 rings (SSSR count). The quantitative estimate of drug-likeness (QED) is 0.457. The summed E-state index contributed by atoms with van der Waals surface area (Å²) in [6, 6.07) is 8.81. The number of nitrogens with zero attached hydrogens (tertiary/aromatic N) is 3. The number of thioether (sulfide) groups is 1. The zero-order valence-electron chi connectivity index (χ0n) is 15.6. The number of aryl methyl sites for hydroxylation is 2. The van der Waals surface area contributed by atoms with Crippen molar-refractivity contribution in [3.63, 3.8) is 0 Å². The maximum absolute atomic E-state index is 4.83. The Bertz CT molecular complexity index is 958. The molecular weight excluding hydrogens is 372 g/mol. The lowest BCUT2D eigenvalue weighted by atomic mass is 9.97. The molecule has 0 radical (unpaired) electrons. The van der Waals surface area contributed by atoms with Crippen molar-refractivity contribution in [1.82, 2.24) is 9.97 Å². The number of nitrogens with one attached hydrogen (secondary N) is 1. The van der Waals surface area contributed by atoms with Crippen molar-refractivity contribution in [2.24, 2.45) is 0 Å². The normalized spacial score (nSPS) is 16.7. The van der Waals surface area contributed by atoms with Crippen LogP contribution in [0.4, 0.5) is 17.2 Å². The van der Waals surface area contributed by atoms with E-state index >= 15 is 0 Å². The van der Waals surface area contributed by atoms with E-state index in [4.69, 9.17) is 9.97 Å². The van der Waals surface area contributed by atoms with Gasteiger partial charge in [-0.15, -0.1) is 11.3 Å². The summed E-state index contributed by atoms with van der Waals surface area (Å²) in [6.45, 7) is 2.36. The number of thiophene rings is 1. The molecule has 0 atom stereocenters. The molecule has 3 heterocycles. The molecule has 0 spiro atoms. The van der Waals surface area contributed by atoms with Crippen LogP contribution >= 0.6 is 23.1 Å². The first-order valence-corrected chi connectivity index (χ1v) is 11.8. The van der Waals surface area contributed by atoms with Crippen molar-refractivity contribution in [2.75, 3.05) is 29.6 Å². The third-order valence-corrected chi connectivity index (χ3v) is 7.31. The van der Waals surface area contributed by atoms with Gasteiger partial charge >= 0.3 is 0 Å². The highest BCUT2D eigenvalue weighted by Crippen LogP contribution is 2.40. The van der Waals surface area contributed by atoms with Gasteiger partial charge in [0.15, 0.2) is 5.16 Å². The minimum atomic E-state index is 0.845. The molecule has 0 unspecified atom stereocenters. The second-order valence-electron chi connectivity index (χ2n) is 7.32. The topological polar surface area (TPSA) is 41.1 Å². The van der Waals surface area contributed by atoms with Crippen LogP contribution in [0, 0.1) is 0 Å². The zero-order valence-corrected chi connectivity index (χ0v) is 17.3. The van der Waals surface area contributed by atoms with Crippen molar-refractivity contribution in [3.8, 4) is 0 Å². The lowest BCUT2D eigenvalue weighted by Gasteiger charge is -2.18. The molecule has 1 N–H and O–H groups in total. The Labute approximate surface area is 168 Å². The van der Waals surface area contributed by atoms with E-state index < -0.39 is 0 Å². The summed E-state index contributed by atoms with van der Waals surface area (Å²) in [4.78, 5) is 14.7. The van der Waals surface area contributed by atoms with Gasteiger partial charge in [-0.1, -0.05) is 11.8 Å². The van der Waals surface area contributed by atoms with E-state index in [0.29, 0.717) is 0 Å². The average molecular weight is 397 g/mol. The van der Waals surface area contributed by atoms with Crippen molar-refractivity contribution in [3.05, 3.63) is 34.7 Å². The van der Waals surface area contributed by atoms with Crippen molar-refractivity contribution in [1.29, 1.82) is 0 Å². The summed E-state index contributed by atoms with van der Waals surface area (Å²) in [5.41, 5.74) is 3.90. The fourth-order valence-electron chi connectivity index (χ4n) is 4.19. The van der Waals surface area contributed by atoms with Crippen LogP contribution in [-0.2, 0) is 12.8 Å². The molecule has 1 fully saturated rings. The van der Waals surface area contributed by atoms with Crippen LogP contribution < -0.4 is 10.2 Å². The van der Waals surface area contributed by atoms with Crippen LogP contribution in [0.1, 0.15) is 36.1 Å². The molecule has 2 aromatic heterocycles. The molecule has 1 aromatic carbocycles. The second kappa shape index (κ2) is 7.32. The minimum absolute atomic E-state index is 0.845. The van der Waals surface area contributed by atoms with Crippen LogP contribution in [-0.4, -0.2) is 29.3 Å². The summed E-state index contributed by atoms with van der Waals surface area (Å²) in [7, 11) is 0. The summed E-state index contributed by atoms with van der Waals surface area (Å²) in [5.74, 6) is 0.970. The third kappa shape index (κ3) is 3.29. The van der Waals surface area contributed by atoms with E-state index in [9.17, 15) is 0 Å². The van der Waals surface area contributed by atoms with Gasteiger partial charge in [-0.2, -0.15) is 0 Å². The molecule has 0 amide bonds. The summed E-state index contributed by atoms with van der Waals surface area (Å²) < 4.78 is 0. The van der Waals surface area contributed by atoms with Gasteiger partial charge in [-0.25, -0.2) is 9.97 Å². The molecule has 0 saturated carbocycles. The van der Waals surface area contributed by atoms with Gasteiger partial charge in [0.05, 0.1) is 5.39 Å². The first kappa shape index (κ1) is 17.3. The van der Waals surface area contributed by atoms with E-state index in [1.807, 2.05) is 17.6 Å². The maximum atomic E-state index is 4.83. The summed E-state index contributed by atoms with van der Waals surface area (Å²) in [5, 5.41) is 5.69. The predicted molar refractivity (Wildman–Crippen MR) is 117 cm³/mol. The van der Waals surface area contributed by atoms with Crippen LogP contribution in [0.2, 0.25) is 0 Å². The van der Waals surface area contributed by atoms with Gasteiger partial charge in [-0.05, 0) is 74.6 Å². The molecule has 1 saturated heterocycles. The number of aromatic nitrogens is 2. The fraction of sp³-hybridized carbons (Fsp3) is 0.429. The number of benzene rings is 1. The Morgan fingerprint density at radius 2 is 1.78 bits per heavy atom. The second-order valence-corrected chi connectivity index (χ2v) is 9.17. The maximum Gasteiger partial charge on any atom is 0.190 e. The van der Waals surface area contributed by atoms with E-state index in [-0.39, 0.29) is 0 Å². The van der Waals surface area contributed by atoms with Gasteiger partial charge in [0.25, 0.3) is 0 Å². The predicted octanol–water partition coefficient (Wildman–Crippen LogP) is 5.64. The van der Waals surface area contributed by atoms with Gasteiger partial charge in [0.1, 0.15) is 10.6 Å². The van der Waals surface area contributed by atoms with Crippen LogP contribution in [0.15, 0.2) is 29.4 Å². The summed E-state index contributed by atoms with van der Waals surface area (Å²) in [6.07, 6.45) is 9.56. The van der Waals surface area contributed by atoms with E-state index in [0.717, 1.165) is 27.9 Å². The molecule has 1 aliphatic carbocycles. The Balaban J connectivity index is 1.51. The first-order valence-electron chi connectivity index (χ1n) is 9.80. The molecule has 140 valence electrons. The number of hydrogen-bond donors (Lipinski definition) is 1. The fourth-order valence-corrected chi connectivity index (χ4v) is 5.87. The van der Waals surface area contributed by atoms with Crippen molar-refractivity contribution < 1.29 is 0 Å². The summed E-state index contributed by atoms with van der Waals surface area (Å²) >= 11 is 3.47. The van der Waals surface area contributed by atoms with Crippen molar-refractivity contribution >= 4 is 50.5 Å². The molecule has 6 heteroatoms. The SMILES string of the molecule is CSc1nc(Nc2ccc(N3CCCC3)cc2)c2c3c(sc2n1)CCCC3. The van der Waals surface area contributed by atoms with Crippen molar-refractivity contribution in [2.45, 2.75) is 43.7 Å². The minimum Gasteiger partial charge on any atom is -0.372 e. The zero-order chi connectivity index (χ0) is 18.2. The molecule has 4 nitrogen and oxygen atoms in total. The Hall–Kier alpha value is -1.79. The molecular formula is C21H24N4S2. The van der Waals surface area contributed by atoms with Crippen LogP contribution in [0.3, 0.4) is 0 Å². The molecule has 27 heavy (non-hydrogen) atoms. The highest BCUT2D eigenvalue weighted by atomic mass is 32.2. The van der Waals surface area contributed by atoms with E-state index in [2.05, 4.69) is 34.5 Å². The van der Waals surface area contributed by atoms with Gasteiger partial charge in [0.2, 0.25) is 0 Å². The molecule has 0 bridgehead atoms. The lowest BCUT2D eigenvalue weighted by Crippen LogP contribution is -2.17. The Morgan fingerprint density at radius 1 is 1.00 bits per heavy atom. The Morgan fingerprint density at radius 3 is 2.56 bits per heavy atom. The number of anilines is 3. The lowest BCUT2D eigenvalue weighted by molar-refractivity contribution is 0.700. The molecule has 1 aliphatic heterocycles. The Kier molecular flexibility index (Phi) is 4.70.